The first-order valence-corrected chi connectivity index (χ1v) is 10.1. The Hall–Kier alpha value is -1.64. The average molecular weight is 390 g/mol. The third-order valence-electron chi connectivity index (χ3n) is 6.32. The number of imide groups is 1. The standard InChI is InChI=1S/C19H23FN4O2S/c20-14-6-13-10(5-16(14)23-8-11-1-2-12(9-23)21-11)7-24(19(13)27)15-3-4-17(25)22-18(15)26/h5-6,11-12,15,19,21,27H,1-4,7-9H2,(H,22,25,26). The van der Waals surface area contributed by atoms with Gasteiger partial charge in [-0.2, -0.15) is 12.6 Å². The maximum absolute atomic E-state index is 14.9. The smallest absolute Gasteiger partial charge is 0.243 e. The summed E-state index contributed by atoms with van der Waals surface area (Å²) in [4.78, 5) is 27.8. The van der Waals surface area contributed by atoms with Gasteiger partial charge in [0.2, 0.25) is 11.8 Å². The number of hydrogen-bond donors (Lipinski definition) is 3. The maximum atomic E-state index is 14.9. The first kappa shape index (κ1) is 17.5. The molecule has 144 valence electrons. The minimum absolute atomic E-state index is 0.223. The van der Waals surface area contributed by atoms with Crippen LogP contribution in [-0.2, 0) is 16.1 Å². The van der Waals surface area contributed by atoms with E-state index < -0.39 is 6.04 Å². The van der Waals surface area contributed by atoms with Crippen molar-refractivity contribution in [1.82, 2.24) is 15.5 Å². The van der Waals surface area contributed by atoms with Gasteiger partial charge < -0.3 is 10.2 Å². The molecule has 0 spiro atoms. The molecule has 3 fully saturated rings. The lowest BCUT2D eigenvalue weighted by atomic mass is 10.0. The second-order valence-corrected chi connectivity index (χ2v) is 8.55. The Morgan fingerprint density at radius 3 is 2.56 bits per heavy atom. The van der Waals surface area contributed by atoms with Gasteiger partial charge in [0, 0.05) is 38.1 Å². The zero-order valence-corrected chi connectivity index (χ0v) is 15.8. The van der Waals surface area contributed by atoms with Gasteiger partial charge >= 0.3 is 0 Å². The van der Waals surface area contributed by atoms with Crippen LogP contribution in [0.25, 0.3) is 0 Å². The summed E-state index contributed by atoms with van der Waals surface area (Å²) < 4.78 is 14.9. The third kappa shape index (κ3) is 2.94. The van der Waals surface area contributed by atoms with Crippen LogP contribution < -0.4 is 15.5 Å². The molecule has 4 aliphatic heterocycles. The van der Waals surface area contributed by atoms with Gasteiger partial charge in [-0.05, 0) is 42.5 Å². The van der Waals surface area contributed by atoms with Crippen LogP contribution in [-0.4, -0.2) is 47.9 Å². The van der Waals surface area contributed by atoms with Crippen LogP contribution in [0.4, 0.5) is 10.1 Å². The summed E-state index contributed by atoms with van der Waals surface area (Å²) in [5.74, 6) is -0.734. The number of carbonyl (C=O) groups excluding carboxylic acids is 2. The maximum Gasteiger partial charge on any atom is 0.243 e. The zero-order valence-electron chi connectivity index (χ0n) is 14.9. The van der Waals surface area contributed by atoms with E-state index >= 15 is 0 Å². The Morgan fingerprint density at radius 1 is 1.11 bits per heavy atom. The number of rotatable bonds is 2. The van der Waals surface area contributed by atoms with Crippen LogP contribution in [0.2, 0.25) is 0 Å². The van der Waals surface area contributed by atoms with Crippen molar-refractivity contribution in [3.8, 4) is 0 Å². The molecule has 6 nitrogen and oxygen atoms in total. The molecule has 0 aromatic heterocycles. The highest BCUT2D eigenvalue weighted by molar-refractivity contribution is 7.80. The number of fused-ring (bicyclic) bond motifs is 3. The van der Waals surface area contributed by atoms with Gasteiger partial charge in [0.1, 0.15) is 5.82 Å². The Balaban J connectivity index is 1.41. The van der Waals surface area contributed by atoms with Crippen LogP contribution >= 0.6 is 12.6 Å². The summed E-state index contributed by atoms with van der Waals surface area (Å²) in [6, 6.07) is 3.99. The van der Waals surface area contributed by atoms with E-state index in [1.165, 1.54) is 0 Å². The van der Waals surface area contributed by atoms with E-state index in [2.05, 4.69) is 28.2 Å². The molecular weight excluding hydrogens is 367 g/mol. The van der Waals surface area contributed by atoms with Gasteiger partial charge in [-0.1, -0.05) is 0 Å². The summed E-state index contributed by atoms with van der Waals surface area (Å²) in [7, 11) is 0. The minimum atomic E-state index is -0.404. The molecule has 1 aromatic carbocycles. The van der Waals surface area contributed by atoms with Crippen LogP contribution in [0.3, 0.4) is 0 Å². The van der Waals surface area contributed by atoms with Crippen LogP contribution in [0.1, 0.15) is 42.2 Å². The predicted molar refractivity (Wildman–Crippen MR) is 102 cm³/mol. The fourth-order valence-corrected chi connectivity index (χ4v) is 5.46. The number of nitrogens with zero attached hydrogens (tertiary/aromatic N) is 2. The summed E-state index contributed by atoms with van der Waals surface area (Å²) in [5.41, 5.74) is 2.49. The molecule has 5 rings (SSSR count). The first-order valence-electron chi connectivity index (χ1n) is 9.60. The van der Waals surface area contributed by atoms with Gasteiger partial charge in [0.05, 0.1) is 17.1 Å². The molecule has 0 saturated carbocycles. The highest BCUT2D eigenvalue weighted by Crippen LogP contribution is 2.42. The molecule has 2 bridgehead atoms. The van der Waals surface area contributed by atoms with E-state index in [0.29, 0.717) is 37.2 Å². The van der Waals surface area contributed by atoms with Gasteiger partial charge in [-0.25, -0.2) is 4.39 Å². The summed E-state index contributed by atoms with van der Waals surface area (Å²) in [6.07, 6.45) is 3.10. The molecule has 4 atom stereocenters. The van der Waals surface area contributed by atoms with Crippen molar-refractivity contribution in [3.63, 3.8) is 0 Å². The predicted octanol–water partition coefficient (Wildman–Crippen LogP) is 1.32. The Morgan fingerprint density at radius 2 is 1.85 bits per heavy atom. The molecule has 0 aliphatic carbocycles. The van der Waals surface area contributed by atoms with Gasteiger partial charge in [-0.3, -0.25) is 19.8 Å². The fraction of sp³-hybridized carbons (Fsp3) is 0.579. The van der Waals surface area contributed by atoms with Crippen molar-refractivity contribution >= 4 is 30.1 Å². The molecule has 4 aliphatic rings. The van der Waals surface area contributed by atoms with Crippen molar-refractivity contribution in [2.75, 3.05) is 18.0 Å². The molecule has 2 amide bonds. The largest absolute Gasteiger partial charge is 0.366 e. The Bertz CT molecular complexity index is 807. The molecular formula is C19H23FN4O2S. The summed E-state index contributed by atoms with van der Waals surface area (Å²) in [5, 5.41) is 5.63. The highest BCUT2D eigenvalue weighted by atomic mass is 32.1. The van der Waals surface area contributed by atoms with E-state index in [1.54, 1.807) is 6.07 Å². The van der Waals surface area contributed by atoms with Gasteiger partial charge in [0.25, 0.3) is 0 Å². The minimum Gasteiger partial charge on any atom is -0.366 e. The quantitative estimate of drug-likeness (QED) is 0.525. The monoisotopic (exact) mass is 390 g/mol. The van der Waals surface area contributed by atoms with E-state index in [4.69, 9.17) is 0 Å². The lowest BCUT2D eigenvalue weighted by Crippen LogP contribution is -2.51. The molecule has 4 heterocycles. The lowest BCUT2D eigenvalue weighted by Gasteiger charge is -2.35. The number of benzene rings is 1. The number of amides is 2. The SMILES string of the molecule is O=C1CCC(N2Cc3cc(N4CC5CCC(C4)N5)c(F)cc3C2S)C(=O)N1. The van der Waals surface area contributed by atoms with Crippen LogP contribution in [0.5, 0.6) is 0 Å². The van der Waals surface area contributed by atoms with E-state index in [0.717, 1.165) is 37.1 Å². The average Bonchev–Trinajstić information content (AvgIpc) is 3.13. The topological polar surface area (TPSA) is 64.7 Å². The molecule has 1 aromatic rings. The van der Waals surface area contributed by atoms with E-state index in [1.807, 2.05) is 11.0 Å². The number of piperidine rings is 1. The van der Waals surface area contributed by atoms with E-state index in [9.17, 15) is 14.0 Å². The molecule has 0 radical (unpaired) electrons. The van der Waals surface area contributed by atoms with Crippen molar-refractivity contribution in [2.45, 2.75) is 55.7 Å². The van der Waals surface area contributed by atoms with Crippen molar-refractivity contribution in [3.05, 3.63) is 29.1 Å². The second kappa shape index (κ2) is 6.46. The number of piperazine rings is 1. The fourth-order valence-electron chi connectivity index (χ4n) is 4.97. The number of nitrogens with one attached hydrogen (secondary N) is 2. The van der Waals surface area contributed by atoms with E-state index in [-0.39, 0.29) is 23.0 Å². The number of carbonyl (C=O) groups is 2. The highest BCUT2D eigenvalue weighted by Gasteiger charge is 2.40. The van der Waals surface area contributed by atoms with Gasteiger partial charge in [-0.15, -0.1) is 0 Å². The summed E-state index contributed by atoms with van der Waals surface area (Å²) in [6.45, 7) is 2.20. The van der Waals surface area contributed by atoms with Crippen molar-refractivity contribution in [2.24, 2.45) is 0 Å². The van der Waals surface area contributed by atoms with Crippen molar-refractivity contribution < 1.29 is 14.0 Å². The van der Waals surface area contributed by atoms with Crippen molar-refractivity contribution in [1.29, 1.82) is 0 Å². The zero-order chi connectivity index (χ0) is 18.7. The van der Waals surface area contributed by atoms with Crippen LogP contribution in [0.15, 0.2) is 12.1 Å². The molecule has 2 N–H and O–H groups in total. The number of halogens is 1. The van der Waals surface area contributed by atoms with Crippen LogP contribution in [0, 0.1) is 5.82 Å². The molecule has 8 heteroatoms. The number of thiol groups is 1. The second-order valence-electron chi connectivity index (χ2n) is 8.06. The third-order valence-corrected chi connectivity index (χ3v) is 6.90. The number of anilines is 1. The normalized spacial score (nSPS) is 33.3. The first-order chi connectivity index (χ1) is 13.0. The summed E-state index contributed by atoms with van der Waals surface area (Å²) >= 11 is 4.66. The lowest BCUT2D eigenvalue weighted by molar-refractivity contribution is -0.137. The Kier molecular flexibility index (Phi) is 4.18. The molecule has 4 unspecified atom stereocenters. The number of hydrogen-bond acceptors (Lipinski definition) is 6. The molecule has 27 heavy (non-hydrogen) atoms. The van der Waals surface area contributed by atoms with Gasteiger partial charge in [0.15, 0.2) is 0 Å². The Labute approximate surface area is 162 Å². The molecule has 3 saturated heterocycles.